The second kappa shape index (κ2) is 4.37. The standard InChI is InChI=1S/CINOS/c2-5-4-1-3. The van der Waals surface area contributed by atoms with Gasteiger partial charge in [0.1, 0.15) is 9.21 Å². The van der Waals surface area contributed by atoms with Gasteiger partial charge in [-0.25, -0.2) is 0 Å². The first-order chi connectivity index (χ1) is 2.41. The SMILES string of the molecule is N#COSI. The molecule has 0 N–H and O–H groups in total. The van der Waals surface area contributed by atoms with E-state index in [-0.39, 0.29) is 0 Å². The molecule has 0 aromatic rings. The number of rotatable bonds is 1. The highest BCUT2D eigenvalue weighted by molar-refractivity contribution is 14.2. The Morgan fingerprint density at radius 2 is 2.60 bits per heavy atom. The van der Waals surface area contributed by atoms with Crippen molar-refractivity contribution in [3.8, 4) is 6.26 Å². The van der Waals surface area contributed by atoms with Crippen LogP contribution in [-0.4, -0.2) is 0 Å². The average molecular weight is 201 g/mol. The van der Waals surface area contributed by atoms with Crippen molar-refractivity contribution in [2.45, 2.75) is 0 Å². The molecule has 0 saturated carbocycles. The van der Waals surface area contributed by atoms with E-state index in [4.69, 9.17) is 5.26 Å². The first-order valence-corrected chi connectivity index (χ1v) is 4.03. The van der Waals surface area contributed by atoms with Gasteiger partial charge in [-0.15, -0.1) is 5.26 Å². The second-order valence-corrected chi connectivity index (χ2v) is 1.61. The number of hydrogen-bond acceptors (Lipinski definition) is 3. The summed E-state index contributed by atoms with van der Waals surface area (Å²) in [6, 6.07) is 0. The number of nitrogens with zero attached hydrogens (tertiary/aromatic N) is 1. The molecule has 0 atom stereocenters. The van der Waals surface area contributed by atoms with Crippen LogP contribution < -0.4 is 0 Å². The van der Waals surface area contributed by atoms with Gasteiger partial charge < -0.3 is 4.18 Å². The highest BCUT2D eigenvalue weighted by Gasteiger charge is 1.65. The minimum atomic E-state index is 1.01. The van der Waals surface area contributed by atoms with Crippen molar-refractivity contribution >= 4 is 30.4 Å². The van der Waals surface area contributed by atoms with Gasteiger partial charge in [-0.1, -0.05) is 0 Å². The quantitative estimate of drug-likeness (QED) is 0.366. The van der Waals surface area contributed by atoms with Crippen LogP contribution in [0.15, 0.2) is 0 Å². The zero-order chi connectivity index (χ0) is 4.12. The molecule has 0 aliphatic heterocycles. The van der Waals surface area contributed by atoms with Crippen LogP contribution in [0.5, 0.6) is 0 Å². The van der Waals surface area contributed by atoms with E-state index in [0.717, 1.165) is 9.21 Å². The van der Waals surface area contributed by atoms with E-state index in [1.807, 2.05) is 21.2 Å². The molecule has 4 heteroatoms. The van der Waals surface area contributed by atoms with Crippen LogP contribution in [0.25, 0.3) is 0 Å². The molecule has 0 radical (unpaired) electrons. The molecule has 0 aromatic carbocycles. The molecule has 0 bridgehead atoms. The van der Waals surface area contributed by atoms with Crippen molar-refractivity contribution in [2.75, 3.05) is 0 Å². The number of halogens is 1. The van der Waals surface area contributed by atoms with E-state index in [1.54, 1.807) is 0 Å². The normalized spacial score (nSPS) is 5.60. The molecular weight excluding hydrogens is 201 g/mol. The lowest BCUT2D eigenvalue weighted by molar-refractivity contribution is 0.606. The maximum atomic E-state index is 7.57. The molecular formula is CINOS. The maximum Gasteiger partial charge on any atom is 0.300 e. The van der Waals surface area contributed by atoms with Crippen LogP contribution in [0, 0.1) is 11.5 Å². The van der Waals surface area contributed by atoms with Crippen molar-refractivity contribution < 1.29 is 4.18 Å². The molecule has 0 amide bonds. The molecule has 0 heterocycles. The molecule has 28 valence electrons. The number of hydrogen-bond donors (Lipinski definition) is 0. The zero-order valence-corrected chi connectivity index (χ0v) is 5.12. The molecule has 0 saturated heterocycles. The fraction of sp³-hybridized carbons (Fsp3) is 0. The third kappa shape index (κ3) is 4.37. The summed E-state index contributed by atoms with van der Waals surface area (Å²) >= 11 is 1.86. The average Bonchev–Trinajstić information content (AvgIpc) is 1.41. The van der Waals surface area contributed by atoms with Crippen LogP contribution in [0.3, 0.4) is 0 Å². The Hall–Kier alpha value is 0.370. The summed E-state index contributed by atoms with van der Waals surface area (Å²) in [7, 11) is 1.01. The molecule has 0 aromatic heterocycles. The third-order valence-corrected chi connectivity index (χ3v) is 0.746. The molecule has 0 rings (SSSR count). The summed E-state index contributed by atoms with van der Waals surface area (Å²) < 4.78 is 4.04. The van der Waals surface area contributed by atoms with Crippen LogP contribution in [0.2, 0.25) is 0 Å². The van der Waals surface area contributed by atoms with E-state index in [2.05, 4.69) is 4.18 Å². The van der Waals surface area contributed by atoms with Gasteiger partial charge in [0.05, 0.1) is 0 Å². The maximum absolute atomic E-state index is 7.57. The third-order valence-electron chi connectivity index (χ3n) is 0.0688. The van der Waals surface area contributed by atoms with E-state index in [1.165, 1.54) is 6.26 Å². The Morgan fingerprint density at radius 1 is 2.00 bits per heavy atom. The van der Waals surface area contributed by atoms with E-state index in [0.29, 0.717) is 0 Å². The van der Waals surface area contributed by atoms with Crippen LogP contribution in [0.4, 0.5) is 0 Å². The summed E-state index contributed by atoms with van der Waals surface area (Å²) in [6.45, 7) is 0. The summed E-state index contributed by atoms with van der Waals surface area (Å²) in [5.74, 6) is 0. The molecule has 0 fully saturated rings. The van der Waals surface area contributed by atoms with Crippen molar-refractivity contribution in [2.24, 2.45) is 0 Å². The number of nitriles is 1. The molecule has 0 unspecified atom stereocenters. The van der Waals surface area contributed by atoms with Crippen molar-refractivity contribution in [1.82, 2.24) is 0 Å². The van der Waals surface area contributed by atoms with Gasteiger partial charge in [-0.3, -0.25) is 0 Å². The molecule has 5 heavy (non-hydrogen) atoms. The Morgan fingerprint density at radius 3 is 2.60 bits per heavy atom. The van der Waals surface area contributed by atoms with Gasteiger partial charge in [0.25, 0.3) is 6.26 Å². The molecule has 0 aliphatic rings. The Balaban J connectivity index is 2.48. The van der Waals surface area contributed by atoms with E-state index < -0.39 is 0 Å². The van der Waals surface area contributed by atoms with Gasteiger partial charge >= 0.3 is 0 Å². The van der Waals surface area contributed by atoms with Crippen LogP contribution >= 0.6 is 30.4 Å². The largest absolute Gasteiger partial charge is 0.341 e. The van der Waals surface area contributed by atoms with E-state index in [9.17, 15) is 0 Å². The van der Waals surface area contributed by atoms with Crippen LogP contribution in [0.1, 0.15) is 0 Å². The van der Waals surface area contributed by atoms with Gasteiger partial charge in [0, 0.05) is 21.2 Å². The van der Waals surface area contributed by atoms with Gasteiger partial charge in [0.15, 0.2) is 0 Å². The Kier molecular flexibility index (Phi) is 4.69. The minimum Gasteiger partial charge on any atom is -0.341 e. The summed E-state index contributed by atoms with van der Waals surface area (Å²) in [5, 5.41) is 7.57. The highest BCUT2D eigenvalue weighted by Crippen LogP contribution is 2.09. The van der Waals surface area contributed by atoms with Gasteiger partial charge in [-0.05, 0) is 0 Å². The monoisotopic (exact) mass is 201 g/mol. The van der Waals surface area contributed by atoms with E-state index >= 15 is 0 Å². The molecule has 2 nitrogen and oxygen atoms in total. The van der Waals surface area contributed by atoms with Crippen molar-refractivity contribution in [3.05, 3.63) is 0 Å². The van der Waals surface area contributed by atoms with Crippen LogP contribution in [-0.2, 0) is 4.18 Å². The van der Waals surface area contributed by atoms with Crippen molar-refractivity contribution in [3.63, 3.8) is 0 Å². The smallest absolute Gasteiger partial charge is 0.300 e. The first kappa shape index (κ1) is 5.37. The topological polar surface area (TPSA) is 33.0 Å². The lowest BCUT2D eigenvalue weighted by atomic mass is 11.6. The first-order valence-electron chi connectivity index (χ1n) is 0.749. The predicted molar refractivity (Wildman–Crippen MR) is 28.3 cm³/mol. The lowest BCUT2D eigenvalue weighted by Gasteiger charge is -1.69. The minimum absolute atomic E-state index is 1.01. The van der Waals surface area contributed by atoms with Gasteiger partial charge in [0.2, 0.25) is 0 Å². The fourth-order valence-corrected chi connectivity index (χ4v) is 0.283. The van der Waals surface area contributed by atoms with Gasteiger partial charge in [-0.2, -0.15) is 0 Å². The summed E-state index contributed by atoms with van der Waals surface area (Å²) in [6.07, 6.45) is 1.47. The molecule has 0 aliphatic carbocycles. The Labute approximate surface area is 46.3 Å². The predicted octanol–water partition coefficient (Wildman–Crippen LogP) is 1.48. The Bertz CT molecular complexity index is 50.1. The highest BCUT2D eigenvalue weighted by atomic mass is 127. The lowest BCUT2D eigenvalue weighted by Crippen LogP contribution is -1.46. The summed E-state index contributed by atoms with van der Waals surface area (Å²) in [4.78, 5) is 0. The second-order valence-electron chi connectivity index (χ2n) is 0.238. The summed E-state index contributed by atoms with van der Waals surface area (Å²) in [5.41, 5.74) is 0. The molecule has 0 spiro atoms. The zero-order valence-electron chi connectivity index (χ0n) is 2.14. The van der Waals surface area contributed by atoms with Crippen molar-refractivity contribution in [1.29, 1.82) is 5.26 Å². The fourth-order valence-electron chi connectivity index (χ4n) is 0.0141.